The molecule has 7 nitrogen and oxygen atoms in total. The summed E-state index contributed by atoms with van der Waals surface area (Å²) in [5, 5.41) is 9.14. The van der Waals surface area contributed by atoms with E-state index in [0.717, 1.165) is 28.1 Å². The van der Waals surface area contributed by atoms with Crippen molar-refractivity contribution < 1.29 is 9.59 Å². The zero-order valence-corrected chi connectivity index (χ0v) is 18.7. The minimum absolute atomic E-state index is 0.0249. The molecule has 1 N–H and O–H groups in total. The Kier molecular flexibility index (Phi) is 5.17. The van der Waals surface area contributed by atoms with Crippen molar-refractivity contribution in [2.75, 3.05) is 10.3 Å². The lowest BCUT2D eigenvalue weighted by Gasteiger charge is -2.34. The second-order valence-electron chi connectivity index (χ2n) is 9.07. The number of anilines is 2. The molecule has 3 aromatic rings. The summed E-state index contributed by atoms with van der Waals surface area (Å²) in [5.41, 5.74) is 4.87. The fourth-order valence-electron chi connectivity index (χ4n) is 4.20. The van der Waals surface area contributed by atoms with Crippen LogP contribution in [0.3, 0.4) is 0 Å². The van der Waals surface area contributed by atoms with Gasteiger partial charge in [0.2, 0.25) is 0 Å². The molecule has 0 bridgehead atoms. The van der Waals surface area contributed by atoms with Gasteiger partial charge in [-0.15, -0.1) is 0 Å². The first-order valence-corrected chi connectivity index (χ1v) is 11.0. The lowest BCUT2D eigenvalue weighted by atomic mass is 9.82. The molecule has 0 fully saturated rings. The first-order valence-electron chi connectivity index (χ1n) is 11.0. The Morgan fingerprint density at radius 3 is 2.42 bits per heavy atom. The molecular formula is C26H25N5O2. The number of para-hydroxylation sites is 1. The number of carbonyl (C=O) groups is 2. The number of amides is 3. The van der Waals surface area contributed by atoms with Crippen molar-refractivity contribution in [3.8, 4) is 0 Å². The maximum atomic E-state index is 13.0. The molecule has 3 amide bonds. The summed E-state index contributed by atoms with van der Waals surface area (Å²) >= 11 is 0. The summed E-state index contributed by atoms with van der Waals surface area (Å²) in [6, 6.07) is 18.9. The lowest BCUT2D eigenvalue weighted by Crippen LogP contribution is -2.44. The van der Waals surface area contributed by atoms with Gasteiger partial charge in [0.15, 0.2) is 0 Å². The van der Waals surface area contributed by atoms with Gasteiger partial charge in [-0.25, -0.2) is 9.80 Å². The molecule has 0 saturated heterocycles. The first kappa shape index (κ1) is 20.9. The molecule has 2 aliphatic rings. The molecule has 166 valence electrons. The van der Waals surface area contributed by atoms with Crippen molar-refractivity contribution in [3.63, 3.8) is 0 Å². The van der Waals surface area contributed by atoms with Crippen LogP contribution in [-0.2, 0) is 17.9 Å². The van der Waals surface area contributed by atoms with Crippen molar-refractivity contribution >= 4 is 29.0 Å². The Morgan fingerprint density at radius 1 is 0.970 bits per heavy atom. The standard InChI is InChI=1S/C26H25N5O2/c1-26(2)14-23(29-31(24(26)32)22-6-4-3-5-7-22)18-8-10-21(11-9-18)28-25(33)30-16-19-12-13-27-15-20(19)17-30/h3-13,15H,14,16-17H2,1-2H3,(H,28,33). The summed E-state index contributed by atoms with van der Waals surface area (Å²) in [4.78, 5) is 31.6. The maximum Gasteiger partial charge on any atom is 0.322 e. The van der Waals surface area contributed by atoms with Gasteiger partial charge in [0, 0.05) is 37.6 Å². The molecule has 0 spiro atoms. The molecule has 2 aliphatic heterocycles. The van der Waals surface area contributed by atoms with Gasteiger partial charge in [-0.2, -0.15) is 5.10 Å². The molecule has 5 rings (SSSR count). The predicted octanol–water partition coefficient (Wildman–Crippen LogP) is 4.80. The second kappa shape index (κ2) is 8.16. The van der Waals surface area contributed by atoms with Gasteiger partial charge in [0.1, 0.15) is 0 Å². The minimum atomic E-state index is -0.570. The van der Waals surface area contributed by atoms with E-state index in [0.29, 0.717) is 25.2 Å². The Bertz CT molecular complexity index is 1210. The fraction of sp³-hybridized carbons (Fsp3) is 0.231. The third kappa shape index (κ3) is 4.09. The first-order chi connectivity index (χ1) is 15.9. The topological polar surface area (TPSA) is 77.9 Å². The number of aromatic nitrogens is 1. The maximum absolute atomic E-state index is 13.0. The van der Waals surface area contributed by atoms with Crippen LogP contribution in [0.4, 0.5) is 16.2 Å². The molecule has 0 saturated carbocycles. The number of hydrogen-bond donors (Lipinski definition) is 1. The summed E-state index contributed by atoms with van der Waals surface area (Å²) in [7, 11) is 0. The molecule has 0 unspecified atom stereocenters. The normalized spacial score (nSPS) is 16.9. The largest absolute Gasteiger partial charge is 0.322 e. The van der Waals surface area contributed by atoms with Gasteiger partial charge in [-0.3, -0.25) is 9.78 Å². The molecule has 0 atom stereocenters. The number of carbonyl (C=O) groups excluding carboxylic acids is 2. The predicted molar refractivity (Wildman–Crippen MR) is 128 cm³/mol. The summed E-state index contributed by atoms with van der Waals surface area (Å²) < 4.78 is 0. The molecule has 2 aromatic carbocycles. The Hall–Kier alpha value is -4.00. The summed E-state index contributed by atoms with van der Waals surface area (Å²) in [6.07, 6.45) is 4.11. The van der Waals surface area contributed by atoms with E-state index in [1.807, 2.05) is 80.7 Å². The van der Waals surface area contributed by atoms with Crippen LogP contribution in [0.1, 0.15) is 37.0 Å². The number of nitrogens with zero attached hydrogens (tertiary/aromatic N) is 4. The molecule has 7 heteroatoms. The fourth-order valence-corrected chi connectivity index (χ4v) is 4.20. The van der Waals surface area contributed by atoms with Crippen LogP contribution in [0.25, 0.3) is 0 Å². The van der Waals surface area contributed by atoms with E-state index in [2.05, 4.69) is 15.4 Å². The average molecular weight is 440 g/mol. The quantitative estimate of drug-likeness (QED) is 0.637. The van der Waals surface area contributed by atoms with E-state index >= 15 is 0 Å². The van der Waals surface area contributed by atoms with Crippen molar-refractivity contribution in [3.05, 3.63) is 89.7 Å². The number of pyridine rings is 1. The van der Waals surface area contributed by atoms with Crippen LogP contribution >= 0.6 is 0 Å². The highest BCUT2D eigenvalue weighted by Gasteiger charge is 2.38. The second-order valence-corrected chi connectivity index (χ2v) is 9.07. The number of hydrogen-bond acceptors (Lipinski definition) is 4. The van der Waals surface area contributed by atoms with Crippen LogP contribution in [-0.4, -0.2) is 27.5 Å². The van der Waals surface area contributed by atoms with Gasteiger partial charge in [-0.1, -0.05) is 44.2 Å². The molecule has 3 heterocycles. The smallest absolute Gasteiger partial charge is 0.316 e. The third-order valence-electron chi connectivity index (χ3n) is 6.09. The van der Waals surface area contributed by atoms with Crippen molar-refractivity contribution in [1.29, 1.82) is 0 Å². The molecular weight excluding hydrogens is 414 g/mol. The minimum Gasteiger partial charge on any atom is -0.316 e. The zero-order chi connectivity index (χ0) is 23.0. The van der Waals surface area contributed by atoms with Crippen LogP contribution in [0.2, 0.25) is 0 Å². The number of nitrogens with one attached hydrogen (secondary N) is 1. The Morgan fingerprint density at radius 2 is 1.70 bits per heavy atom. The summed E-state index contributed by atoms with van der Waals surface area (Å²) in [5.74, 6) is -0.0249. The van der Waals surface area contributed by atoms with Gasteiger partial charge in [-0.05, 0) is 47.0 Å². The lowest BCUT2D eigenvalue weighted by molar-refractivity contribution is -0.126. The van der Waals surface area contributed by atoms with Crippen molar-refractivity contribution in [1.82, 2.24) is 9.88 Å². The number of urea groups is 1. The van der Waals surface area contributed by atoms with Gasteiger partial charge < -0.3 is 10.2 Å². The molecule has 1 aromatic heterocycles. The Labute approximate surface area is 192 Å². The van der Waals surface area contributed by atoms with E-state index in [9.17, 15) is 9.59 Å². The average Bonchev–Trinajstić information content (AvgIpc) is 3.26. The molecule has 0 radical (unpaired) electrons. The van der Waals surface area contributed by atoms with E-state index < -0.39 is 5.41 Å². The monoisotopic (exact) mass is 439 g/mol. The number of benzene rings is 2. The number of hydrazone groups is 1. The van der Waals surface area contributed by atoms with Crippen molar-refractivity contribution in [2.24, 2.45) is 10.5 Å². The highest BCUT2D eigenvalue weighted by molar-refractivity contribution is 6.11. The van der Waals surface area contributed by atoms with E-state index in [4.69, 9.17) is 0 Å². The summed E-state index contributed by atoms with van der Waals surface area (Å²) in [6.45, 7) is 5.02. The molecule has 33 heavy (non-hydrogen) atoms. The van der Waals surface area contributed by atoms with E-state index in [1.165, 1.54) is 5.01 Å². The molecule has 0 aliphatic carbocycles. The van der Waals surface area contributed by atoms with E-state index in [1.54, 1.807) is 11.1 Å². The third-order valence-corrected chi connectivity index (χ3v) is 6.09. The highest BCUT2D eigenvalue weighted by atomic mass is 16.2. The number of fused-ring (bicyclic) bond motifs is 1. The van der Waals surface area contributed by atoms with Crippen LogP contribution < -0.4 is 10.3 Å². The van der Waals surface area contributed by atoms with Gasteiger partial charge in [0.25, 0.3) is 5.91 Å². The Balaban J connectivity index is 1.32. The van der Waals surface area contributed by atoms with Crippen LogP contribution in [0.15, 0.2) is 78.2 Å². The van der Waals surface area contributed by atoms with Crippen molar-refractivity contribution in [2.45, 2.75) is 33.4 Å². The van der Waals surface area contributed by atoms with E-state index in [-0.39, 0.29) is 11.9 Å². The zero-order valence-electron chi connectivity index (χ0n) is 18.7. The highest BCUT2D eigenvalue weighted by Crippen LogP contribution is 2.34. The van der Waals surface area contributed by atoms with Crippen LogP contribution in [0, 0.1) is 5.41 Å². The SMILES string of the molecule is CC1(C)CC(c2ccc(NC(=O)N3Cc4ccncc4C3)cc2)=NN(c2ccccc2)C1=O. The number of rotatable bonds is 3. The van der Waals surface area contributed by atoms with Gasteiger partial charge in [0.05, 0.1) is 16.8 Å². The van der Waals surface area contributed by atoms with Crippen LogP contribution in [0.5, 0.6) is 0 Å². The van der Waals surface area contributed by atoms with Gasteiger partial charge >= 0.3 is 6.03 Å².